The van der Waals surface area contributed by atoms with Crippen LogP contribution in [-0.4, -0.2) is 43.2 Å². The first-order valence-electron chi connectivity index (χ1n) is 12.9. The summed E-state index contributed by atoms with van der Waals surface area (Å²) in [4.78, 5) is 57.7. The summed E-state index contributed by atoms with van der Waals surface area (Å²) in [6.07, 6.45) is 1.39. The van der Waals surface area contributed by atoms with E-state index in [0.717, 1.165) is 15.7 Å². The fraction of sp³-hybridized carbons (Fsp3) is 0.200. The van der Waals surface area contributed by atoms with Crippen molar-refractivity contribution >= 4 is 45.8 Å². The predicted molar refractivity (Wildman–Crippen MR) is 149 cm³/mol. The molecule has 0 aliphatic carbocycles. The summed E-state index contributed by atoms with van der Waals surface area (Å²) in [5.41, 5.74) is -1.16. The largest absolute Gasteiger partial charge is 0.480 e. The number of nitrogens with zero attached hydrogens (tertiary/aromatic N) is 3. The normalized spacial score (nSPS) is 23.6. The van der Waals surface area contributed by atoms with Gasteiger partial charge in [-0.1, -0.05) is 60.1 Å². The van der Waals surface area contributed by atoms with Gasteiger partial charge in [0.2, 0.25) is 11.8 Å². The van der Waals surface area contributed by atoms with Crippen molar-refractivity contribution in [2.75, 3.05) is 0 Å². The number of rotatable bonds is 7. The number of imide groups is 1. The van der Waals surface area contributed by atoms with E-state index in [9.17, 15) is 29.6 Å². The van der Waals surface area contributed by atoms with Gasteiger partial charge in [0.05, 0.1) is 35.0 Å². The molecule has 4 unspecified atom stereocenters. The minimum atomic E-state index is -1.94. The molecule has 10 nitrogen and oxygen atoms in total. The highest BCUT2D eigenvalue weighted by Crippen LogP contribution is 2.52. The van der Waals surface area contributed by atoms with Crippen molar-refractivity contribution in [3.05, 3.63) is 117 Å². The lowest BCUT2D eigenvalue weighted by Gasteiger charge is -2.31. The Bertz CT molecular complexity index is 1730. The molecule has 4 atom stereocenters. The third-order valence-corrected chi connectivity index (χ3v) is 8.23. The third kappa shape index (κ3) is 4.41. The van der Waals surface area contributed by atoms with Crippen LogP contribution in [0.4, 0.5) is 5.69 Å². The fourth-order valence-electron chi connectivity index (χ4n) is 6.19. The first-order valence-corrected chi connectivity index (χ1v) is 13.2. The number of carbonyl (C=O) groups is 3. The van der Waals surface area contributed by atoms with Crippen LogP contribution in [0.25, 0.3) is 10.8 Å². The molecule has 3 heterocycles. The van der Waals surface area contributed by atoms with Gasteiger partial charge in [0.25, 0.3) is 5.69 Å². The number of likely N-dealkylation sites (tertiary alicyclic amines) is 1. The SMILES string of the molecule is O=C1C2C(c3cc(Cl)ccc3[N+](=O)[O-])NC(Cc3ccc4ccccc4c3)(C(=O)O)C2C(=O)N1Cc1ccccn1. The Morgan fingerprint density at radius 2 is 1.78 bits per heavy atom. The standard InChI is InChI=1S/C30H23ClN4O6/c31-20-10-11-23(35(40)41)22(14-20)26-24-25(28(37)34(27(24)36)16-21-7-3-4-12-32-21)30(33-26,29(38)39)15-17-8-9-18-5-1-2-6-19(18)13-17/h1-14,24-26,33H,15-16H2,(H,38,39). The molecule has 4 aromatic rings. The number of nitro benzene ring substituents is 1. The van der Waals surface area contributed by atoms with Crippen molar-refractivity contribution in [2.24, 2.45) is 11.8 Å². The van der Waals surface area contributed by atoms with E-state index in [1.807, 2.05) is 36.4 Å². The molecule has 0 spiro atoms. The van der Waals surface area contributed by atoms with Crippen LogP contribution in [0.15, 0.2) is 85.1 Å². The lowest BCUT2D eigenvalue weighted by molar-refractivity contribution is -0.385. The van der Waals surface area contributed by atoms with Crippen LogP contribution in [0.2, 0.25) is 5.02 Å². The number of carbonyl (C=O) groups excluding carboxylic acids is 2. The second kappa shape index (κ2) is 10.1. The number of benzene rings is 3. The number of carboxylic acids is 1. The van der Waals surface area contributed by atoms with E-state index >= 15 is 0 Å². The van der Waals surface area contributed by atoms with Crippen LogP contribution in [0.1, 0.15) is 22.9 Å². The van der Waals surface area contributed by atoms with Gasteiger partial charge in [0.15, 0.2) is 0 Å². The Morgan fingerprint density at radius 3 is 2.49 bits per heavy atom. The molecular weight excluding hydrogens is 548 g/mol. The molecule has 2 amide bonds. The van der Waals surface area contributed by atoms with Crippen molar-refractivity contribution in [3.63, 3.8) is 0 Å². The average molecular weight is 571 g/mol. The van der Waals surface area contributed by atoms with E-state index in [0.29, 0.717) is 11.3 Å². The molecular formula is C30H23ClN4O6. The average Bonchev–Trinajstić information content (AvgIpc) is 3.43. The van der Waals surface area contributed by atoms with Gasteiger partial charge in [-0.2, -0.15) is 0 Å². The Morgan fingerprint density at radius 1 is 1.02 bits per heavy atom. The van der Waals surface area contributed by atoms with E-state index in [1.165, 1.54) is 24.4 Å². The second-order valence-corrected chi connectivity index (χ2v) is 10.7. The molecule has 2 aliphatic rings. The number of nitrogens with one attached hydrogen (secondary N) is 1. The van der Waals surface area contributed by atoms with Gasteiger partial charge < -0.3 is 5.11 Å². The summed E-state index contributed by atoms with van der Waals surface area (Å²) in [5.74, 6) is -5.20. The summed E-state index contributed by atoms with van der Waals surface area (Å²) in [6.45, 7) is -0.151. The summed E-state index contributed by atoms with van der Waals surface area (Å²) in [5, 5.41) is 27.8. The fourth-order valence-corrected chi connectivity index (χ4v) is 6.37. The quantitative estimate of drug-likeness (QED) is 0.190. The van der Waals surface area contributed by atoms with Crippen molar-refractivity contribution in [2.45, 2.75) is 24.5 Å². The molecule has 2 aliphatic heterocycles. The first kappa shape index (κ1) is 26.5. The number of halogens is 1. The lowest BCUT2D eigenvalue weighted by Crippen LogP contribution is -2.57. The number of hydrogen-bond donors (Lipinski definition) is 2. The van der Waals surface area contributed by atoms with Gasteiger partial charge in [0, 0.05) is 29.3 Å². The van der Waals surface area contributed by atoms with Crippen molar-refractivity contribution in [3.8, 4) is 0 Å². The zero-order valence-electron chi connectivity index (χ0n) is 21.4. The van der Waals surface area contributed by atoms with Crippen molar-refractivity contribution in [1.29, 1.82) is 0 Å². The van der Waals surface area contributed by atoms with Gasteiger partial charge in [-0.25, -0.2) is 0 Å². The summed E-state index contributed by atoms with van der Waals surface area (Å²) < 4.78 is 0. The topological polar surface area (TPSA) is 143 Å². The molecule has 0 saturated carbocycles. The molecule has 206 valence electrons. The molecule has 41 heavy (non-hydrogen) atoms. The second-order valence-electron chi connectivity index (χ2n) is 10.3. The Balaban J connectivity index is 1.50. The number of pyridine rings is 1. The van der Waals surface area contributed by atoms with E-state index in [1.54, 1.807) is 24.3 Å². The number of carboxylic acid groups (broad SMARTS) is 1. The van der Waals surface area contributed by atoms with Crippen LogP contribution < -0.4 is 5.32 Å². The molecule has 2 saturated heterocycles. The highest BCUT2D eigenvalue weighted by Gasteiger charge is 2.69. The summed E-state index contributed by atoms with van der Waals surface area (Å²) in [7, 11) is 0. The molecule has 0 radical (unpaired) electrons. The van der Waals surface area contributed by atoms with Gasteiger partial charge in [-0.3, -0.25) is 39.7 Å². The van der Waals surface area contributed by atoms with Gasteiger partial charge >= 0.3 is 5.97 Å². The predicted octanol–water partition coefficient (Wildman–Crippen LogP) is 4.31. The monoisotopic (exact) mass is 570 g/mol. The zero-order valence-corrected chi connectivity index (χ0v) is 22.2. The molecule has 3 aromatic carbocycles. The number of aromatic nitrogens is 1. The number of aliphatic carboxylic acids is 1. The minimum Gasteiger partial charge on any atom is -0.480 e. The van der Waals surface area contributed by atoms with E-state index < -0.39 is 46.1 Å². The third-order valence-electron chi connectivity index (χ3n) is 7.99. The molecule has 0 bridgehead atoms. The maximum atomic E-state index is 14.0. The number of hydrogen-bond acceptors (Lipinski definition) is 7. The lowest BCUT2D eigenvalue weighted by atomic mass is 9.76. The van der Waals surface area contributed by atoms with Crippen molar-refractivity contribution < 1.29 is 24.4 Å². The van der Waals surface area contributed by atoms with Gasteiger partial charge in [-0.15, -0.1) is 0 Å². The summed E-state index contributed by atoms with van der Waals surface area (Å²) >= 11 is 6.23. The van der Waals surface area contributed by atoms with Crippen LogP contribution in [0.3, 0.4) is 0 Å². The van der Waals surface area contributed by atoms with E-state index in [-0.39, 0.29) is 29.2 Å². The van der Waals surface area contributed by atoms with Gasteiger partial charge in [-0.05, 0) is 40.6 Å². The number of fused-ring (bicyclic) bond motifs is 2. The summed E-state index contributed by atoms with van der Waals surface area (Å²) in [6, 6.07) is 20.9. The van der Waals surface area contributed by atoms with Crippen LogP contribution in [-0.2, 0) is 27.3 Å². The van der Waals surface area contributed by atoms with Crippen LogP contribution in [0, 0.1) is 22.0 Å². The van der Waals surface area contributed by atoms with E-state index in [2.05, 4.69) is 10.3 Å². The number of amides is 2. The van der Waals surface area contributed by atoms with Crippen LogP contribution >= 0.6 is 11.6 Å². The molecule has 6 rings (SSSR count). The van der Waals surface area contributed by atoms with Crippen LogP contribution in [0.5, 0.6) is 0 Å². The Hall–Kier alpha value is -4.67. The Labute approximate surface area is 238 Å². The smallest absolute Gasteiger partial charge is 0.325 e. The van der Waals surface area contributed by atoms with Gasteiger partial charge in [0.1, 0.15) is 5.54 Å². The maximum Gasteiger partial charge on any atom is 0.325 e. The van der Waals surface area contributed by atoms with Crippen molar-refractivity contribution in [1.82, 2.24) is 15.2 Å². The number of nitro groups is 1. The maximum absolute atomic E-state index is 14.0. The highest BCUT2D eigenvalue weighted by atomic mass is 35.5. The molecule has 11 heteroatoms. The highest BCUT2D eigenvalue weighted by molar-refractivity contribution is 6.30. The zero-order chi connectivity index (χ0) is 28.9. The first-order chi connectivity index (χ1) is 19.7. The molecule has 2 N–H and O–H groups in total. The van der Waals surface area contributed by atoms with E-state index in [4.69, 9.17) is 11.6 Å². The Kier molecular flexibility index (Phi) is 6.51. The molecule has 1 aromatic heterocycles. The molecule has 2 fully saturated rings. The minimum absolute atomic E-state index is 0.0416.